The summed E-state index contributed by atoms with van der Waals surface area (Å²) in [4.78, 5) is 13.2. The molecule has 0 aliphatic carbocycles. The summed E-state index contributed by atoms with van der Waals surface area (Å²) in [6.07, 6.45) is 46.3. The molecule has 0 aromatic heterocycles. The van der Waals surface area contributed by atoms with Crippen LogP contribution in [0.1, 0.15) is 258 Å². The van der Waals surface area contributed by atoms with Gasteiger partial charge in [-0.1, -0.05) is 217 Å². The van der Waals surface area contributed by atoms with Crippen molar-refractivity contribution < 1.29 is 50.0 Å². The molecule has 0 bridgehead atoms. The van der Waals surface area contributed by atoms with E-state index in [1.54, 1.807) is 0 Å². The van der Waals surface area contributed by atoms with E-state index in [1.807, 2.05) is 0 Å². The molecule has 9 unspecified atom stereocenters. The summed E-state index contributed by atoms with van der Waals surface area (Å²) >= 11 is 0. The Balaban J connectivity index is 2.35. The summed E-state index contributed by atoms with van der Waals surface area (Å²) in [7, 11) is 0. The molecule has 69 heavy (non-hydrogen) atoms. The van der Waals surface area contributed by atoms with Gasteiger partial charge in [-0.2, -0.15) is 0 Å². The van der Waals surface area contributed by atoms with Crippen molar-refractivity contribution in [3.8, 4) is 0 Å². The molecule has 11 heteroatoms. The monoisotopic (exact) mass is 980 g/mol. The Hall–Kier alpha value is -1.67. The van der Waals surface area contributed by atoms with Gasteiger partial charge in [-0.15, -0.1) is 0 Å². The number of amides is 1. The van der Waals surface area contributed by atoms with Crippen LogP contribution in [0.5, 0.6) is 0 Å². The topological polar surface area (TPSA) is 189 Å². The van der Waals surface area contributed by atoms with E-state index in [9.17, 15) is 40.5 Å². The second-order valence-corrected chi connectivity index (χ2v) is 20.3. The van der Waals surface area contributed by atoms with E-state index in [-0.39, 0.29) is 12.8 Å². The van der Waals surface area contributed by atoms with Crippen molar-refractivity contribution in [3.05, 3.63) is 36.5 Å². The number of hydrogen-bond acceptors (Lipinski definition) is 10. The van der Waals surface area contributed by atoms with Crippen LogP contribution in [0.2, 0.25) is 0 Å². The zero-order chi connectivity index (χ0) is 50.4. The minimum Gasteiger partial charge on any atom is -0.394 e. The van der Waals surface area contributed by atoms with Crippen molar-refractivity contribution in [1.29, 1.82) is 0 Å². The zero-order valence-corrected chi connectivity index (χ0v) is 44.3. The zero-order valence-electron chi connectivity index (χ0n) is 44.3. The molecular formula is C58H109NO10. The Morgan fingerprint density at radius 1 is 0.493 bits per heavy atom. The lowest BCUT2D eigenvalue weighted by atomic mass is 9.98. The SMILES string of the molecule is CCCCCCCCCCC/C=C\CCCCCCC(O)C(=O)NC(COC1OC(CO)C(O)C(O)C1O)C(O)C(O)CCC/C=C/CC/C=C/CCCCCCCCCCCCCCCCCC. The highest BCUT2D eigenvalue weighted by Gasteiger charge is 2.44. The summed E-state index contributed by atoms with van der Waals surface area (Å²) in [5, 5.41) is 76.0. The first kappa shape index (κ1) is 65.3. The van der Waals surface area contributed by atoms with Crippen LogP contribution in [-0.4, -0.2) is 110 Å². The van der Waals surface area contributed by atoms with E-state index in [4.69, 9.17) is 9.47 Å². The predicted molar refractivity (Wildman–Crippen MR) is 284 cm³/mol. The lowest BCUT2D eigenvalue weighted by Crippen LogP contribution is -2.60. The summed E-state index contributed by atoms with van der Waals surface area (Å²) in [5.74, 6) is -0.718. The fraction of sp³-hybridized carbons (Fsp3) is 0.879. The van der Waals surface area contributed by atoms with Crippen molar-refractivity contribution >= 4 is 5.91 Å². The number of carbonyl (C=O) groups excluding carboxylic acids is 1. The summed E-state index contributed by atoms with van der Waals surface area (Å²) in [5.41, 5.74) is 0. The van der Waals surface area contributed by atoms with Crippen LogP contribution in [0.25, 0.3) is 0 Å². The molecule has 0 radical (unpaired) electrons. The maximum Gasteiger partial charge on any atom is 0.249 e. The van der Waals surface area contributed by atoms with Crippen LogP contribution >= 0.6 is 0 Å². The minimum absolute atomic E-state index is 0.237. The van der Waals surface area contributed by atoms with Crippen LogP contribution in [-0.2, 0) is 14.3 Å². The van der Waals surface area contributed by atoms with Crippen LogP contribution < -0.4 is 5.32 Å². The Morgan fingerprint density at radius 2 is 0.870 bits per heavy atom. The lowest BCUT2D eigenvalue weighted by Gasteiger charge is -2.40. The molecule has 1 amide bonds. The van der Waals surface area contributed by atoms with Gasteiger partial charge in [0.15, 0.2) is 6.29 Å². The molecule has 1 aliphatic heterocycles. The van der Waals surface area contributed by atoms with Gasteiger partial charge in [-0.3, -0.25) is 4.79 Å². The fourth-order valence-electron chi connectivity index (χ4n) is 9.16. The van der Waals surface area contributed by atoms with E-state index in [0.717, 1.165) is 51.4 Å². The fourth-order valence-corrected chi connectivity index (χ4v) is 9.16. The Kier molecular flexibility index (Phi) is 44.8. The van der Waals surface area contributed by atoms with Gasteiger partial charge in [0, 0.05) is 0 Å². The summed E-state index contributed by atoms with van der Waals surface area (Å²) in [6.45, 7) is 3.45. The Bertz CT molecular complexity index is 1210. The molecule has 0 saturated carbocycles. The Labute approximate surface area is 422 Å². The second kappa shape index (κ2) is 47.3. The number of allylic oxidation sites excluding steroid dienone is 6. The van der Waals surface area contributed by atoms with Gasteiger partial charge < -0.3 is 50.5 Å². The highest BCUT2D eigenvalue weighted by atomic mass is 16.7. The van der Waals surface area contributed by atoms with E-state index in [2.05, 4.69) is 55.6 Å². The molecule has 11 nitrogen and oxygen atoms in total. The smallest absolute Gasteiger partial charge is 0.249 e. The summed E-state index contributed by atoms with van der Waals surface area (Å²) in [6, 6.07) is -1.20. The first-order chi connectivity index (χ1) is 33.7. The number of aliphatic hydroxyl groups excluding tert-OH is 7. The molecule has 1 heterocycles. The van der Waals surface area contributed by atoms with Gasteiger partial charge in [-0.05, 0) is 77.0 Å². The molecule has 0 aromatic rings. The number of ether oxygens (including phenoxy) is 2. The van der Waals surface area contributed by atoms with Crippen molar-refractivity contribution in [2.24, 2.45) is 0 Å². The van der Waals surface area contributed by atoms with Gasteiger partial charge in [-0.25, -0.2) is 0 Å². The summed E-state index contributed by atoms with van der Waals surface area (Å²) < 4.78 is 11.1. The van der Waals surface area contributed by atoms with Crippen molar-refractivity contribution in [1.82, 2.24) is 5.32 Å². The number of carbonyl (C=O) groups is 1. The van der Waals surface area contributed by atoms with Crippen LogP contribution in [0.4, 0.5) is 0 Å². The molecular weight excluding hydrogens is 871 g/mol. The quantitative estimate of drug-likeness (QED) is 0.0215. The first-order valence-electron chi connectivity index (χ1n) is 28.9. The molecule has 0 spiro atoms. The standard InChI is InChI=1S/C58H109NO10/c1-3-5-7-9-11-13-15-17-19-21-22-23-24-25-26-27-28-30-31-33-35-37-39-41-43-45-50(61)53(63)49(48-68-58-56(66)55(65)54(64)52(47-60)69-58)59-57(67)51(62)46-44-42-40-38-36-34-32-29-20-18-16-14-12-10-8-6-4-2/h30-32,34,37,39,49-56,58,60-66H,3-29,33,35-36,38,40-48H2,1-2H3,(H,59,67)/b31-30+,34-32-,39-37+. The number of hydrogen-bond donors (Lipinski definition) is 8. The molecule has 1 aliphatic rings. The average Bonchev–Trinajstić information content (AvgIpc) is 3.35. The molecule has 406 valence electrons. The second-order valence-electron chi connectivity index (χ2n) is 20.3. The van der Waals surface area contributed by atoms with Gasteiger partial charge in [0.05, 0.1) is 25.4 Å². The number of rotatable bonds is 49. The number of aliphatic hydroxyl groups is 7. The highest BCUT2D eigenvalue weighted by molar-refractivity contribution is 5.80. The highest BCUT2D eigenvalue weighted by Crippen LogP contribution is 2.23. The van der Waals surface area contributed by atoms with Gasteiger partial charge in [0.1, 0.15) is 36.6 Å². The third kappa shape index (κ3) is 36.0. The molecule has 1 rings (SSSR count). The van der Waals surface area contributed by atoms with E-state index >= 15 is 0 Å². The van der Waals surface area contributed by atoms with Crippen molar-refractivity contribution in [2.45, 2.75) is 313 Å². The van der Waals surface area contributed by atoms with Crippen molar-refractivity contribution in [3.63, 3.8) is 0 Å². The minimum atomic E-state index is -1.67. The van der Waals surface area contributed by atoms with Crippen molar-refractivity contribution in [2.75, 3.05) is 13.2 Å². The van der Waals surface area contributed by atoms with E-state index in [0.29, 0.717) is 19.3 Å². The average molecular weight is 981 g/mol. The van der Waals surface area contributed by atoms with Gasteiger partial charge >= 0.3 is 0 Å². The van der Waals surface area contributed by atoms with Crippen LogP contribution in [0.3, 0.4) is 0 Å². The van der Waals surface area contributed by atoms with Crippen LogP contribution in [0, 0.1) is 0 Å². The maximum absolute atomic E-state index is 13.2. The predicted octanol–water partition coefficient (Wildman–Crippen LogP) is 11.9. The van der Waals surface area contributed by atoms with E-state index < -0.39 is 74.2 Å². The van der Waals surface area contributed by atoms with E-state index in [1.165, 1.54) is 161 Å². The lowest BCUT2D eigenvalue weighted by molar-refractivity contribution is -0.303. The molecule has 1 fully saturated rings. The third-order valence-corrected chi connectivity index (χ3v) is 13.9. The Morgan fingerprint density at radius 3 is 1.29 bits per heavy atom. The molecule has 8 N–H and O–H groups in total. The first-order valence-corrected chi connectivity index (χ1v) is 28.9. The van der Waals surface area contributed by atoms with Gasteiger partial charge in [0.25, 0.3) is 0 Å². The number of nitrogens with one attached hydrogen (secondary N) is 1. The van der Waals surface area contributed by atoms with Crippen LogP contribution in [0.15, 0.2) is 36.5 Å². The molecule has 9 atom stereocenters. The molecule has 1 saturated heterocycles. The molecule has 0 aromatic carbocycles. The third-order valence-electron chi connectivity index (χ3n) is 13.9. The largest absolute Gasteiger partial charge is 0.394 e. The van der Waals surface area contributed by atoms with Gasteiger partial charge in [0.2, 0.25) is 5.91 Å². The number of unbranched alkanes of at least 4 members (excludes halogenated alkanes) is 31. The maximum atomic E-state index is 13.2. The normalized spacial score (nSPS) is 20.6.